The summed E-state index contributed by atoms with van der Waals surface area (Å²) in [5.74, 6) is -3.14. The van der Waals surface area contributed by atoms with Crippen LogP contribution in [0.2, 0.25) is 25.7 Å². The van der Waals surface area contributed by atoms with Crippen LogP contribution in [-0.4, -0.2) is 92.4 Å². The maximum absolute atomic E-state index is 16.4. The molecule has 0 radical (unpaired) electrons. The number of nitrogens with one attached hydrogen (secondary N) is 1. The zero-order chi connectivity index (χ0) is 32.3. The van der Waals surface area contributed by atoms with Gasteiger partial charge in [0.25, 0.3) is 12.3 Å². The standard InChI is InChI=1S/C30H39F4N5O4Si/c1-18-16-38(10-9-37(18)2)23-14-22(31)25(19-7-6-8-39(17-19)30(41)42)26(32)27(23)36-29(40)21-15-35-24(13-20(21)28(33)34)43-11-12-44(3,4)5/h7,13-15,18,28H,6,8-12,16-17H2,1-5H3,(H,36,40)(H,41,42). The third-order valence-corrected chi connectivity index (χ3v) is 9.68. The fraction of sp³-hybridized carbons (Fsp3) is 0.500. The van der Waals surface area contributed by atoms with E-state index < -0.39 is 54.8 Å². The van der Waals surface area contributed by atoms with Crippen molar-refractivity contribution >= 4 is 37.0 Å². The molecule has 1 aromatic carbocycles. The van der Waals surface area contributed by atoms with E-state index in [1.54, 1.807) is 11.0 Å². The third-order valence-electron chi connectivity index (χ3n) is 7.97. The normalized spacial score (nSPS) is 18.0. The number of piperazine rings is 1. The van der Waals surface area contributed by atoms with Gasteiger partial charge in [0.15, 0.2) is 5.82 Å². The smallest absolute Gasteiger partial charge is 0.407 e. The van der Waals surface area contributed by atoms with Crippen LogP contribution in [0, 0.1) is 11.6 Å². The second kappa shape index (κ2) is 13.5. The first kappa shape index (κ1) is 33.2. The summed E-state index contributed by atoms with van der Waals surface area (Å²) in [6, 6.07) is 2.91. The molecular weight excluding hydrogens is 598 g/mol. The summed E-state index contributed by atoms with van der Waals surface area (Å²) < 4.78 is 65.9. The number of nitrogens with zero attached hydrogens (tertiary/aromatic N) is 4. The summed E-state index contributed by atoms with van der Waals surface area (Å²) in [4.78, 5) is 34.0. The Labute approximate surface area is 255 Å². The van der Waals surface area contributed by atoms with Crippen LogP contribution in [0.5, 0.6) is 5.88 Å². The summed E-state index contributed by atoms with van der Waals surface area (Å²) in [6.45, 7) is 9.96. The number of aromatic nitrogens is 1. The molecule has 0 spiro atoms. The molecule has 9 nitrogen and oxygen atoms in total. The van der Waals surface area contributed by atoms with E-state index in [1.165, 1.54) is 0 Å². The van der Waals surface area contributed by atoms with Crippen molar-refractivity contribution in [2.45, 2.75) is 51.5 Å². The summed E-state index contributed by atoms with van der Waals surface area (Å²) >= 11 is 0. The maximum atomic E-state index is 16.4. The van der Waals surface area contributed by atoms with Gasteiger partial charge in [-0.2, -0.15) is 0 Å². The summed E-state index contributed by atoms with van der Waals surface area (Å²) in [6.07, 6.45) is -1.51. The highest BCUT2D eigenvalue weighted by Crippen LogP contribution is 2.39. The Morgan fingerprint density at radius 1 is 1.18 bits per heavy atom. The monoisotopic (exact) mass is 637 g/mol. The van der Waals surface area contributed by atoms with Gasteiger partial charge in [0.05, 0.1) is 23.4 Å². The first-order chi connectivity index (χ1) is 20.7. The molecule has 1 atom stereocenters. The number of pyridine rings is 1. The van der Waals surface area contributed by atoms with E-state index in [0.29, 0.717) is 26.2 Å². The SMILES string of the molecule is CC1CN(c2cc(F)c(C3=CCCN(C(=O)O)C3)c(F)c2NC(=O)c2cnc(OCC[Si](C)(C)C)cc2C(F)F)CCN1C. The number of ether oxygens (including phenoxy) is 1. The molecule has 1 unspecified atom stereocenters. The number of carbonyl (C=O) groups is 2. The van der Waals surface area contributed by atoms with Crippen molar-refractivity contribution in [2.24, 2.45) is 0 Å². The average molecular weight is 638 g/mol. The lowest BCUT2D eigenvalue weighted by atomic mass is 9.97. The van der Waals surface area contributed by atoms with Gasteiger partial charge < -0.3 is 29.9 Å². The van der Waals surface area contributed by atoms with Crippen molar-refractivity contribution in [3.63, 3.8) is 0 Å². The number of alkyl halides is 2. The first-order valence-corrected chi connectivity index (χ1v) is 18.2. The lowest BCUT2D eigenvalue weighted by molar-refractivity contribution is 0.101. The summed E-state index contributed by atoms with van der Waals surface area (Å²) in [7, 11) is 0.474. The topological polar surface area (TPSA) is 98.2 Å². The molecule has 1 aromatic heterocycles. The molecule has 1 saturated heterocycles. The van der Waals surface area contributed by atoms with E-state index in [0.717, 1.165) is 29.3 Å². The minimum Gasteiger partial charge on any atom is -0.478 e. The van der Waals surface area contributed by atoms with Crippen LogP contribution in [0.4, 0.5) is 33.7 Å². The largest absolute Gasteiger partial charge is 0.478 e. The molecule has 0 saturated carbocycles. The highest BCUT2D eigenvalue weighted by atomic mass is 28.3. The van der Waals surface area contributed by atoms with E-state index in [1.807, 2.05) is 14.0 Å². The van der Waals surface area contributed by atoms with Crippen LogP contribution in [0.3, 0.4) is 0 Å². The van der Waals surface area contributed by atoms with E-state index in [9.17, 15) is 23.5 Å². The number of likely N-dealkylation sites (N-methyl/N-ethyl adjacent to an activating group) is 1. The van der Waals surface area contributed by atoms with Crippen LogP contribution in [-0.2, 0) is 0 Å². The predicted octanol–water partition coefficient (Wildman–Crippen LogP) is 6.17. The summed E-state index contributed by atoms with van der Waals surface area (Å²) in [5.41, 5.74) is -1.80. The van der Waals surface area contributed by atoms with E-state index >= 15 is 8.78 Å². The number of hydrogen-bond acceptors (Lipinski definition) is 6. The molecule has 1 fully saturated rings. The molecule has 240 valence electrons. The molecule has 2 aromatic rings. The number of amides is 2. The van der Waals surface area contributed by atoms with Gasteiger partial charge in [0.2, 0.25) is 5.88 Å². The van der Waals surface area contributed by atoms with Crippen LogP contribution in [0.1, 0.15) is 41.3 Å². The van der Waals surface area contributed by atoms with Gasteiger partial charge in [0, 0.05) is 70.7 Å². The van der Waals surface area contributed by atoms with Gasteiger partial charge in [-0.1, -0.05) is 25.7 Å². The van der Waals surface area contributed by atoms with Crippen LogP contribution in [0.25, 0.3) is 5.57 Å². The fourth-order valence-electron chi connectivity index (χ4n) is 5.17. The van der Waals surface area contributed by atoms with Crippen molar-refractivity contribution < 1.29 is 37.0 Å². The summed E-state index contributed by atoms with van der Waals surface area (Å²) in [5, 5.41) is 11.9. The quantitative estimate of drug-likeness (QED) is 0.251. The Morgan fingerprint density at radius 2 is 1.91 bits per heavy atom. The van der Waals surface area contributed by atoms with Gasteiger partial charge in [-0.15, -0.1) is 0 Å². The van der Waals surface area contributed by atoms with Crippen molar-refractivity contribution in [1.29, 1.82) is 0 Å². The first-order valence-electron chi connectivity index (χ1n) is 14.5. The highest BCUT2D eigenvalue weighted by Gasteiger charge is 2.31. The Hall–Kier alpha value is -3.65. The lowest BCUT2D eigenvalue weighted by Crippen LogP contribution is -2.50. The molecule has 2 amide bonds. The number of carboxylic acid groups (broad SMARTS) is 1. The van der Waals surface area contributed by atoms with E-state index in [-0.39, 0.29) is 48.4 Å². The predicted molar refractivity (Wildman–Crippen MR) is 164 cm³/mol. The second-order valence-corrected chi connectivity index (χ2v) is 18.1. The van der Waals surface area contributed by atoms with Gasteiger partial charge in [-0.25, -0.2) is 27.3 Å². The molecule has 2 aliphatic rings. The molecule has 3 heterocycles. The average Bonchev–Trinajstić information content (AvgIpc) is 2.95. The van der Waals surface area contributed by atoms with Gasteiger partial charge in [-0.3, -0.25) is 4.79 Å². The van der Waals surface area contributed by atoms with Crippen LogP contribution >= 0.6 is 0 Å². The number of carbonyl (C=O) groups excluding carboxylic acids is 1. The number of anilines is 2. The highest BCUT2D eigenvalue weighted by molar-refractivity contribution is 6.76. The van der Waals surface area contributed by atoms with Gasteiger partial charge >= 0.3 is 6.09 Å². The Balaban J connectivity index is 1.73. The number of benzene rings is 1. The van der Waals surface area contributed by atoms with Crippen molar-refractivity contribution in [2.75, 3.05) is 56.6 Å². The molecular formula is C30H39F4N5O4Si. The molecule has 0 aliphatic carbocycles. The molecule has 2 aliphatic heterocycles. The third kappa shape index (κ3) is 7.70. The second-order valence-electron chi connectivity index (χ2n) is 12.5. The maximum Gasteiger partial charge on any atom is 0.407 e. The number of hydrogen-bond donors (Lipinski definition) is 2. The zero-order valence-electron chi connectivity index (χ0n) is 25.6. The molecule has 2 N–H and O–H groups in total. The Bertz CT molecular complexity index is 1440. The molecule has 4 rings (SSSR count). The Kier molecular flexibility index (Phi) is 10.2. The zero-order valence-corrected chi connectivity index (χ0v) is 26.6. The number of rotatable bonds is 9. The van der Waals surface area contributed by atoms with E-state index in [4.69, 9.17) is 4.74 Å². The molecule has 14 heteroatoms. The lowest BCUT2D eigenvalue weighted by Gasteiger charge is -2.40. The number of halogens is 4. The van der Waals surface area contributed by atoms with Gasteiger partial charge in [-0.05, 0) is 32.0 Å². The van der Waals surface area contributed by atoms with Crippen LogP contribution < -0.4 is 15.0 Å². The Morgan fingerprint density at radius 3 is 2.55 bits per heavy atom. The van der Waals surface area contributed by atoms with Crippen molar-refractivity contribution in [3.05, 3.63) is 52.7 Å². The van der Waals surface area contributed by atoms with Crippen molar-refractivity contribution in [1.82, 2.24) is 14.8 Å². The molecule has 0 bridgehead atoms. The minimum atomic E-state index is -3.06. The molecule has 44 heavy (non-hydrogen) atoms. The van der Waals surface area contributed by atoms with Gasteiger partial charge in [0.1, 0.15) is 11.5 Å². The fourth-order valence-corrected chi connectivity index (χ4v) is 5.88. The van der Waals surface area contributed by atoms with Crippen LogP contribution in [0.15, 0.2) is 24.4 Å². The van der Waals surface area contributed by atoms with E-state index in [2.05, 4.69) is 34.8 Å². The minimum absolute atomic E-state index is 0.0198. The van der Waals surface area contributed by atoms with Crippen molar-refractivity contribution in [3.8, 4) is 5.88 Å².